The maximum absolute atomic E-state index is 14.3. The highest BCUT2D eigenvalue weighted by Gasteiger charge is 2.46. The average Bonchev–Trinajstić information content (AvgIpc) is 2.43. The van der Waals surface area contributed by atoms with Crippen molar-refractivity contribution in [3.63, 3.8) is 0 Å². The summed E-state index contributed by atoms with van der Waals surface area (Å²) >= 11 is 0. The highest BCUT2D eigenvalue weighted by atomic mass is 19.1. The first kappa shape index (κ1) is 16.3. The van der Waals surface area contributed by atoms with Gasteiger partial charge in [0.1, 0.15) is 5.82 Å². The molecule has 0 heterocycles. The van der Waals surface area contributed by atoms with Gasteiger partial charge in [-0.2, -0.15) is 0 Å². The van der Waals surface area contributed by atoms with Crippen LogP contribution >= 0.6 is 0 Å². The molecule has 1 saturated carbocycles. The number of likely N-dealkylation sites (N-methyl/N-ethyl adjacent to an activating group) is 1. The van der Waals surface area contributed by atoms with Gasteiger partial charge in [0.25, 0.3) is 0 Å². The monoisotopic (exact) mass is 292 g/mol. The number of hydrogen-bond acceptors (Lipinski definition) is 2. The Bertz CT molecular complexity index is 486. The summed E-state index contributed by atoms with van der Waals surface area (Å²) in [6.45, 7) is 10.4. The summed E-state index contributed by atoms with van der Waals surface area (Å²) in [4.78, 5) is 2.21. The molecule has 1 aliphatic rings. The van der Waals surface area contributed by atoms with Crippen LogP contribution in [0.3, 0.4) is 0 Å². The SMILES string of the molecule is CCN(c1ccccc1F)C1(CN)CCC(C)(C)CC1C. The number of nitrogens with zero attached hydrogens (tertiary/aromatic N) is 1. The van der Waals surface area contributed by atoms with Crippen molar-refractivity contribution in [3.8, 4) is 0 Å². The quantitative estimate of drug-likeness (QED) is 0.901. The number of hydrogen-bond donors (Lipinski definition) is 1. The molecule has 0 saturated heterocycles. The molecule has 2 rings (SSSR count). The van der Waals surface area contributed by atoms with Crippen molar-refractivity contribution >= 4 is 5.69 Å². The van der Waals surface area contributed by atoms with Gasteiger partial charge in [-0.15, -0.1) is 0 Å². The zero-order valence-electron chi connectivity index (χ0n) is 13.8. The second-order valence-electron chi connectivity index (χ2n) is 7.27. The van der Waals surface area contributed by atoms with Crippen LogP contribution in [0.25, 0.3) is 0 Å². The van der Waals surface area contributed by atoms with E-state index in [1.807, 2.05) is 12.1 Å². The van der Waals surface area contributed by atoms with Crippen molar-refractivity contribution in [1.29, 1.82) is 0 Å². The number of rotatable bonds is 4. The summed E-state index contributed by atoms with van der Waals surface area (Å²) in [6, 6.07) is 7.07. The van der Waals surface area contributed by atoms with Crippen LogP contribution in [0.2, 0.25) is 0 Å². The number of para-hydroxylation sites is 1. The van der Waals surface area contributed by atoms with E-state index in [-0.39, 0.29) is 11.4 Å². The van der Waals surface area contributed by atoms with Gasteiger partial charge in [0.05, 0.1) is 11.2 Å². The van der Waals surface area contributed by atoms with Gasteiger partial charge in [0, 0.05) is 13.1 Å². The van der Waals surface area contributed by atoms with E-state index in [1.165, 1.54) is 0 Å². The van der Waals surface area contributed by atoms with Crippen molar-refractivity contribution in [3.05, 3.63) is 30.1 Å². The Hall–Kier alpha value is -1.09. The molecule has 1 aromatic carbocycles. The molecule has 3 heteroatoms. The van der Waals surface area contributed by atoms with E-state index < -0.39 is 0 Å². The third-order valence-electron chi connectivity index (χ3n) is 5.36. The normalized spacial score (nSPS) is 28.4. The Kier molecular flexibility index (Phi) is 4.62. The minimum atomic E-state index is -0.149. The zero-order valence-corrected chi connectivity index (χ0v) is 13.8. The Morgan fingerprint density at radius 2 is 1.95 bits per heavy atom. The Balaban J connectivity index is 2.41. The van der Waals surface area contributed by atoms with Gasteiger partial charge in [-0.25, -0.2) is 4.39 Å². The predicted molar refractivity (Wildman–Crippen MR) is 88.0 cm³/mol. The van der Waals surface area contributed by atoms with E-state index in [4.69, 9.17) is 5.73 Å². The van der Waals surface area contributed by atoms with Gasteiger partial charge in [-0.1, -0.05) is 32.9 Å². The largest absolute Gasteiger partial charge is 0.362 e. The molecule has 2 nitrogen and oxygen atoms in total. The lowest BCUT2D eigenvalue weighted by Crippen LogP contribution is -2.61. The molecular formula is C18H29FN2. The first-order chi connectivity index (χ1) is 9.86. The molecule has 0 aliphatic heterocycles. The fourth-order valence-electron chi connectivity index (χ4n) is 4.13. The topological polar surface area (TPSA) is 29.3 Å². The van der Waals surface area contributed by atoms with Gasteiger partial charge < -0.3 is 10.6 Å². The molecule has 21 heavy (non-hydrogen) atoms. The van der Waals surface area contributed by atoms with Gasteiger partial charge in [0.2, 0.25) is 0 Å². The predicted octanol–water partition coefficient (Wildman–Crippen LogP) is 4.20. The van der Waals surface area contributed by atoms with Crippen LogP contribution in [0.4, 0.5) is 10.1 Å². The molecule has 0 radical (unpaired) electrons. The molecule has 1 aromatic rings. The van der Waals surface area contributed by atoms with E-state index in [0.717, 1.165) is 25.8 Å². The first-order valence-corrected chi connectivity index (χ1v) is 8.08. The third kappa shape index (κ3) is 2.94. The van der Waals surface area contributed by atoms with Crippen LogP contribution in [0.15, 0.2) is 24.3 Å². The lowest BCUT2D eigenvalue weighted by atomic mass is 9.63. The van der Waals surface area contributed by atoms with E-state index >= 15 is 0 Å². The maximum atomic E-state index is 14.3. The van der Waals surface area contributed by atoms with Crippen molar-refractivity contribution in [2.45, 2.75) is 52.5 Å². The van der Waals surface area contributed by atoms with E-state index in [1.54, 1.807) is 12.1 Å². The smallest absolute Gasteiger partial charge is 0.146 e. The van der Waals surface area contributed by atoms with Crippen molar-refractivity contribution in [2.24, 2.45) is 17.1 Å². The van der Waals surface area contributed by atoms with Crippen LogP contribution in [0, 0.1) is 17.2 Å². The van der Waals surface area contributed by atoms with Gasteiger partial charge in [-0.05, 0) is 49.7 Å². The van der Waals surface area contributed by atoms with Crippen molar-refractivity contribution in [1.82, 2.24) is 0 Å². The Morgan fingerprint density at radius 3 is 2.48 bits per heavy atom. The molecule has 1 aliphatic carbocycles. The number of anilines is 1. The molecule has 118 valence electrons. The number of halogens is 1. The second-order valence-corrected chi connectivity index (χ2v) is 7.27. The summed E-state index contributed by atoms with van der Waals surface area (Å²) in [6.07, 6.45) is 3.30. The van der Waals surface area contributed by atoms with E-state index in [9.17, 15) is 4.39 Å². The third-order valence-corrected chi connectivity index (χ3v) is 5.36. The average molecular weight is 292 g/mol. The Morgan fingerprint density at radius 1 is 1.29 bits per heavy atom. The number of benzene rings is 1. The minimum Gasteiger partial charge on any atom is -0.362 e. The maximum Gasteiger partial charge on any atom is 0.146 e. The summed E-state index contributed by atoms with van der Waals surface area (Å²) < 4.78 is 14.3. The molecule has 0 aromatic heterocycles. The molecule has 2 unspecified atom stereocenters. The van der Waals surface area contributed by atoms with Crippen LogP contribution in [0.1, 0.15) is 47.0 Å². The molecule has 1 fully saturated rings. The van der Waals surface area contributed by atoms with E-state index in [2.05, 4.69) is 32.6 Å². The van der Waals surface area contributed by atoms with Crippen LogP contribution in [-0.4, -0.2) is 18.6 Å². The molecule has 0 spiro atoms. The van der Waals surface area contributed by atoms with Crippen molar-refractivity contribution in [2.75, 3.05) is 18.0 Å². The van der Waals surface area contributed by atoms with Crippen LogP contribution in [0.5, 0.6) is 0 Å². The molecule has 2 atom stereocenters. The molecule has 0 bridgehead atoms. The summed E-state index contributed by atoms with van der Waals surface area (Å²) in [5.74, 6) is 0.301. The highest BCUT2D eigenvalue weighted by Crippen LogP contribution is 2.47. The fraction of sp³-hybridized carbons (Fsp3) is 0.667. The van der Waals surface area contributed by atoms with Gasteiger partial charge in [-0.3, -0.25) is 0 Å². The van der Waals surface area contributed by atoms with Gasteiger partial charge in [0.15, 0.2) is 0 Å². The minimum absolute atomic E-state index is 0.132. The molecular weight excluding hydrogens is 263 g/mol. The zero-order chi connectivity index (χ0) is 15.7. The van der Waals surface area contributed by atoms with Crippen LogP contribution in [-0.2, 0) is 0 Å². The van der Waals surface area contributed by atoms with Crippen LogP contribution < -0.4 is 10.6 Å². The molecule has 0 amide bonds. The lowest BCUT2D eigenvalue weighted by molar-refractivity contribution is 0.0999. The first-order valence-electron chi connectivity index (χ1n) is 8.08. The summed E-state index contributed by atoms with van der Waals surface area (Å²) in [5, 5.41) is 0. The second kappa shape index (κ2) is 5.96. The van der Waals surface area contributed by atoms with Crippen molar-refractivity contribution < 1.29 is 4.39 Å². The fourth-order valence-corrected chi connectivity index (χ4v) is 4.13. The van der Waals surface area contributed by atoms with Gasteiger partial charge >= 0.3 is 0 Å². The van der Waals surface area contributed by atoms with E-state index in [0.29, 0.717) is 23.6 Å². The molecule has 2 N–H and O–H groups in total. The standard InChI is InChI=1S/C18H29FN2/c1-5-21(16-9-7-6-8-15(16)19)18(13-20)11-10-17(3,4)12-14(18)2/h6-9,14H,5,10-13,20H2,1-4H3. The highest BCUT2D eigenvalue weighted by molar-refractivity contribution is 5.51. The lowest BCUT2D eigenvalue weighted by Gasteiger charge is -2.54. The Labute approximate surface area is 128 Å². The summed E-state index contributed by atoms with van der Waals surface area (Å²) in [5.41, 5.74) is 7.13. The summed E-state index contributed by atoms with van der Waals surface area (Å²) in [7, 11) is 0. The number of nitrogens with two attached hydrogens (primary N) is 1.